The van der Waals surface area contributed by atoms with Crippen LogP contribution in [0.15, 0.2) is 35.1 Å². The Morgan fingerprint density at radius 1 is 1.35 bits per heavy atom. The van der Waals surface area contributed by atoms with Crippen LogP contribution in [0.25, 0.3) is 4.96 Å². The second-order valence-corrected chi connectivity index (χ2v) is 6.35. The molecule has 0 aliphatic carbocycles. The molecule has 26 heavy (non-hydrogen) atoms. The SMILES string of the molecule is CCOCCc1nn2c(=O)cc(COC(=O)c3cccc(F)c3)nc2s1. The van der Waals surface area contributed by atoms with Gasteiger partial charge in [0.1, 0.15) is 17.4 Å². The van der Waals surface area contributed by atoms with Gasteiger partial charge in [0.05, 0.1) is 17.9 Å². The van der Waals surface area contributed by atoms with Gasteiger partial charge in [-0.15, -0.1) is 0 Å². The zero-order valence-electron chi connectivity index (χ0n) is 14.0. The van der Waals surface area contributed by atoms with Crippen molar-refractivity contribution in [3.8, 4) is 0 Å². The predicted molar refractivity (Wildman–Crippen MR) is 92.9 cm³/mol. The van der Waals surface area contributed by atoms with Crippen LogP contribution in [0.1, 0.15) is 28.0 Å². The fourth-order valence-electron chi connectivity index (χ4n) is 2.21. The Morgan fingerprint density at radius 2 is 2.19 bits per heavy atom. The van der Waals surface area contributed by atoms with Crippen LogP contribution in [0.4, 0.5) is 4.39 Å². The molecule has 136 valence electrons. The summed E-state index contributed by atoms with van der Waals surface area (Å²) in [6.07, 6.45) is 0.588. The lowest BCUT2D eigenvalue weighted by Gasteiger charge is -2.04. The summed E-state index contributed by atoms with van der Waals surface area (Å²) in [4.78, 5) is 28.8. The summed E-state index contributed by atoms with van der Waals surface area (Å²) >= 11 is 1.28. The van der Waals surface area contributed by atoms with Gasteiger partial charge in [0.2, 0.25) is 4.96 Å². The summed E-state index contributed by atoms with van der Waals surface area (Å²) in [7, 11) is 0. The molecule has 7 nitrogen and oxygen atoms in total. The smallest absolute Gasteiger partial charge is 0.338 e. The quantitative estimate of drug-likeness (QED) is 0.464. The highest BCUT2D eigenvalue weighted by molar-refractivity contribution is 7.16. The van der Waals surface area contributed by atoms with Gasteiger partial charge in [0, 0.05) is 19.1 Å². The molecular weight excluding hydrogens is 361 g/mol. The second-order valence-electron chi connectivity index (χ2n) is 5.31. The van der Waals surface area contributed by atoms with E-state index in [4.69, 9.17) is 9.47 Å². The van der Waals surface area contributed by atoms with Crippen molar-refractivity contribution in [2.75, 3.05) is 13.2 Å². The minimum atomic E-state index is -0.687. The van der Waals surface area contributed by atoms with E-state index in [1.54, 1.807) is 0 Å². The molecule has 0 saturated carbocycles. The molecule has 2 heterocycles. The molecule has 3 rings (SSSR count). The first kappa shape index (κ1) is 18.2. The monoisotopic (exact) mass is 377 g/mol. The van der Waals surface area contributed by atoms with E-state index in [0.717, 1.165) is 11.1 Å². The summed E-state index contributed by atoms with van der Waals surface area (Å²) in [5.74, 6) is -1.21. The van der Waals surface area contributed by atoms with E-state index in [2.05, 4.69) is 10.1 Å². The Labute approximate surface area is 152 Å². The molecule has 0 spiro atoms. The van der Waals surface area contributed by atoms with Crippen molar-refractivity contribution < 1.29 is 18.7 Å². The molecule has 9 heteroatoms. The molecule has 3 aromatic rings. The Kier molecular flexibility index (Phi) is 5.69. The number of ether oxygens (including phenoxy) is 2. The molecule has 0 radical (unpaired) electrons. The number of rotatable bonds is 7. The second kappa shape index (κ2) is 8.15. The van der Waals surface area contributed by atoms with Crippen molar-refractivity contribution in [2.45, 2.75) is 20.0 Å². The number of hydrogen-bond donors (Lipinski definition) is 0. The Hall–Kier alpha value is -2.65. The Morgan fingerprint density at radius 3 is 2.96 bits per heavy atom. The zero-order valence-corrected chi connectivity index (χ0v) is 14.8. The van der Waals surface area contributed by atoms with E-state index in [9.17, 15) is 14.0 Å². The minimum Gasteiger partial charge on any atom is -0.456 e. The van der Waals surface area contributed by atoms with Crippen LogP contribution in [0.2, 0.25) is 0 Å². The van der Waals surface area contributed by atoms with Gasteiger partial charge in [-0.2, -0.15) is 9.61 Å². The average molecular weight is 377 g/mol. The third-order valence-electron chi connectivity index (χ3n) is 3.42. The highest BCUT2D eigenvalue weighted by atomic mass is 32.1. The maximum absolute atomic E-state index is 13.2. The largest absolute Gasteiger partial charge is 0.456 e. The number of esters is 1. The van der Waals surface area contributed by atoms with Gasteiger partial charge in [0.25, 0.3) is 5.56 Å². The summed E-state index contributed by atoms with van der Waals surface area (Å²) in [5.41, 5.74) is 0.0456. The fraction of sp³-hybridized carbons (Fsp3) is 0.294. The van der Waals surface area contributed by atoms with Gasteiger partial charge in [-0.3, -0.25) is 4.79 Å². The van der Waals surface area contributed by atoms with E-state index in [-0.39, 0.29) is 17.7 Å². The molecule has 0 atom stereocenters. The molecule has 1 aromatic carbocycles. The number of aromatic nitrogens is 3. The van der Waals surface area contributed by atoms with Gasteiger partial charge in [0.15, 0.2) is 0 Å². The van der Waals surface area contributed by atoms with Crippen molar-refractivity contribution in [3.05, 3.63) is 62.8 Å². The fourth-order valence-corrected chi connectivity index (χ4v) is 3.11. The molecule has 2 aromatic heterocycles. The van der Waals surface area contributed by atoms with Gasteiger partial charge in [-0.25, -0.2) is 14.2 Å². The minimum absolute atomic E-state index is 0.0961. The van der Waals surface area contributed by atoms with Gasteiger partial charge in [-0.1, -0.05) is 17.4 Å². The highest BCUT2D eigenvalue weighted by Crippen LogP contribution is 2.13. The molecule has 0 saturated heterocycles. The number of nitrogens with zero attached hydrogens (tertiary/aromatic N) is 3. The van der Waals surface area contributed by atoms with Crippen molar-refractivity contribution in [1.82, 2.24) is 14.6 Å². The topological polar surface area (TPSA) is 82.8 Å². The van der Waals surface area contributed by atoms with E-state index in [0.29, 0.717) is 30.3 Å². The van der Waals surface area contributed by atoms with Crippen LogP contribution in [-0.2, 0) is 22.5 Å². The van der Waals surface area contributed by atoms with E-state index < -0.39 is 11.8 Å². The number of benzene rings is 1. The lowest BCUT2D eigenvalue weighted by molar-refractivity contribution is 0.0467. The van der Waals surface area contributed by atoms with Crippen LogP contribution >= 0.6 is 11.3 Å². The third-order valence-corrected chi connectivity index (χ3v) is 4.38. The van der Waals surface area contributed by atoms with Crippen LogP contribution < -0.4 is 5.56 Å². The lowest BCUT2D eigenvalue weighted by atomic mass is 10.2. The summed E-state index contributed by atoms with van der Waals surface area (Å²) in [5, 5.41) is 4.94. The third kappa shape index (κ3) is 4.30. The maximum atomic E-state index is 13.2. The van der Waals surface area contributed by atoms with Crippen molar-refractivity contribution >= 4 is 22.3 Å². The molecule has 0 aliphatic heterocycles. The Bertz CT molecular complexity index is 986. The Balaban J connectivity index is 1.72. The summed E-state index contributed by atoms with van der Waals surface area (Å²) in [6.45, 7) is 2.85. The molecular formula is C17H16FN3O4S. The first-order valence-corrected chi connectivity index (χ1v) is 8.77. The molecule has 0 unspecified atom stereocenters. The predicted octanol–water partition coefficient (Wildman–Crippen LogP) is 2.23. The number of carbonyl (C=O) groups is 1. The number of carbonyl (C=O) groups excluding carboxylic acids is 1. The highest BCUT2D eigenvalue weighted by Gasteiger charge is 2.12. The first-order chi connectivity index (χ1) is 12.6. The van der Waals surface area contributed by atoms with Crippen LogP contribution in [0.3, 0.4) is 0 Å². The molecule has 0 aliphatic rings. The van der Waals surface area contributed by atoms with Crippen LogP contribution in [0.5, 0.6) is 0 Å². The number of hydrogen-bond acceptors (Lipinski definition) is 7. The molecule has 0 fully saturated rings. The van der Waals surface area contributed by atoms with Crippen molar-refractivity contribution in [3.63, 3.8) is 0 Å². The lowest BCUT2D eigenvalue weighted by Crippen LogP contribution is -2.17. The van der Waals surface area contributed by atoms with E-state index in [1.807, 2.05) is 6.92 Å². The summed E-state index contributed by atoms with van der Waals surface area (Å²) < 4.78 is 24.7. The molecule has 0 bridgehead atoms. The van der Waals surface area contributed by atoms with Gasteiger partial charge >= 0.3 is 5.97 Å². The van der Waals surface area contributed by atoms with Crippen molar-refractivity contribution in [2.24, 2.45) is 0 Å². The molecule has 0 amide bonds. The van der Waals surface area contributed by atoms with Gasteiger partial charge < -0.3 is 9.47 Å². The van der Waals surface area contributed by atoms with Crippen molar-refractivity contribution in [1.29, 1.82) is 0 Å². The van der Waals surface area contributed by atoms with E-state index >= 15 is 0 Å². The van der Waals surface area contributed by atoms with Gasteiger partial charge in [-0.05, 0) is 25.1 Å². The zero-order chi connectivity index (χ0) is 18.5. The van der Waals surface area contributed by atoms with Crippen LogP contribution in [0, 0.1) is 5.82 Å². The maximum Gasteiger partial charge on any atom is 0.338 e. The average Bonchev–Trinajstić information content (AvgIpc) is 3.03. The summed E-state index contributed by atoms with van der Waals surface area (Å²) in [6, 6.07) is 6.45. The number of halogens is 1. The first-order valence-electron chi connectivity index (χ1n) is 7.96. The van der Waals surface area contributed by atoms with Crippen LogP contribution in [-0.4, -0.2) is 33.8 Å². The van der Waals surface area contributed by atoms with E-state index in [1.165, 1.54) is 40.1 Å². The standard InChI is InChI=1S/C17H16FN3O4S/c1-2-24-7-6-14-20-21-15(22)9-13(19-17(21)26-14)10-25-16(23)11-4-3-5-12(18)8-11/h3-5,8-9H,2,6-7,10H2,1H3. The normalized spacial score (nSPS) is 11.0. The molecule has 0 N–H and O–H groups in total. The number of fused-ring (bicyclic) bond motifs is 1.